The van der Waals surface area contributed by atoms with Gasteiger partial charge in [0.25, 0.3) is 0 Å². The third-order valence-corrected chi connectivity index (χ3v) is 7.48. The van der Waals surface area contributed by atoms with Crippen LogP contribution in [0.25, 0.3) is 10.8 Å². The van der Waals surface area contributed by atoms with Crippen LogP contribution in [0, 0.1) is 27.7 Å². The van der Waals surface area contributed by atoms with Gasteiger partial charge < -0.3 is 9.47 Å². The van der Waals surface area contributed by atoms with Crippen LogP contribution in [0.5, 0.6) is 23.0 Å². The summed E-state index contributed by atoms with van der Waals surface area (Å²) in [6.45, 7) is 8.77. The van der Waals surface area contributed by atoms with Crippen molar-refractivity contribution in [1.29, 1.82) is 0 Å². The first-order valence-corrected chi connectivity index (χ1v) is 11.2. The van der Waals surface area contributed by atoms with Gasteiger partial charge in [0.2, 0.25) is 0 Å². The Kier molecular flexibility index (Phi) is 3.20. The summed E-state index contributed by atoms with van der Waals surface area (Å²) in [4.78, 5) is 0. The molecule has 3 aliphatic rings. The lowest BCUT2D eigenvalue weighted by molar-refractivity contribution is 0.412. The molecule has 4 aromatic carbocycles. The molecular weight excluding hydrogens is 380 g/mol. The van der Waals surface area contributed by atoms with Crippen molar-refractivity contribution in [1.82, 2.24) is 0 Å². The van der Waals surface area contributed by atoms with Gasteiger partial charge in [0, 0.05) is 34.1 Å². The van der Waals surface area contributed by atoms with E-state index in [-0.39, 0.29) is 0 Å². The highest BCUT2D eigenvalue weighted by Crippen LogP contribution is 2.61. The molecule has 0 saturated carbocycles. The third kappa shape index (κ3) is 2.18. The second-order valence-electron chi connectivity index (χ2n) is 9.59. The minimum absolute atomic E-state index is 0.336. The zero-order chi connectivity index (χ0) is 21.0. The third-order valence-electron chi connectivity index (χ3n) is 7.48. The maximum absolute atomic E-state index is 6.50. The Labute approximate surface area is 182 Å². The molecule has 2 aliphatic heterocycles. The van der Waals surface area contributed by atoms with Crippen LogP contribution in [0.3, 0.4) is 0 Å². The van der Waals surface area contributed by atoms with E-state index in [1.807, 2.05) is 0 Å². The molecule has 0 amide bonds. The second kappa shape index (κ2) is 5.70. The topological polar surface area (TPSA) is 18.5 Å². The second-order valence-corrected chi connectivity index (χ2v) is 9.59. The van der Waals surface area contributed by atoms with Crippen LogP contribution in [-0.2, 0) is 0 Å². The molecule has 0 bridgehead atoms. The van der Waals surface area contributed by atoms with E-state index >= 15 is 0 Å². The van der Waals surface area contributed by atoms with Crippen molar-refractivity contribution < 1.29 is 9.47 Å². The summed E-state index contributed by atoms with van der Waals surface area (Å²) >= 11 is 0. The first kappa shape index (κ1) is 17.4. The summed E-state index contributed by atoms with van der Waals surface area (Å²) in [7, 11) is 0. The van der Waals surface area contributed by atoms with Gasteiger partial charge in [0.1, 0.15) is 23.0 Å². The van der Waals surface area contributed by atoms with Crippen LogP contribution in [-0.4, -0.2) is 0 Å². The summed E-state index contributed by atoms with van der Waals surface area (Å²) in [5, 5.41) is 2.62. The Morgan fingerprint density at radius 3 is 1.55 bits per heavy atom. The molecule has 0 spiro atoms. The largest absolute Gasteiger partial charge is 0.457 e. The lowest BCUT2D eigenvalue weighted by Gasteiger charge is -2.41. The van der Waals surface area contributed by atoms with Crippen LogP contribution >= 0.6 is 0 Å². The number of aryl methyl sites for hydroxylation is 4. The van der Waals surface area contributed by atoms with Gasteiger partial charge in [-0.2, -0.15) is 0 Å². The zero-order valence-corrected chi connectivity index (χ0v) is 18.3. The van der Waals surface area contributed by atoms with Crippen molar-refractivity contribution in [2.45, 2.75) is 46.0 Å². The highest BCUT2D eigenvalue weighted by atomic mass is 16.5. The van der Waals surface area contributed by atoms with E-state index in [9.17, 15) is 0 Å². The summed E-state index contributed by atoms with van der Waals surface area (Å²) in [6.07, 6.45) is 1.05. The summed E-state index contributed by atoms with van der Waals surface area (Å²) in [6, 6.07) is 17.7. The first-order chi connectivity index (χ1) is 15.0. The van der Waals surface area contributed by atoms with Gasteiger partial charge in [-0.25, -0.2) is 0 Å². The lowest BCUT2D eigenvalue weighted by Crippen LogP contribution is -2.23. The smallest absolute Gasteiger partial charge is 0.131 e. The van der Waals surface area contributed by atoms with Crippen molar-refractivity contribution in [2.75, 3.05) is 0 Å². The van der Waals surface area contributed by atoms with E-state index < -0.39 is 0 Å². The molecule has 2 atom stereocenters. The zero-order valence-electron chi connectivity index (χ0n) is 18.3. The van der Waals surface area contributed by atoms with Gasteiger partial charge in [-0.1, -0.05) is 24.3 Å². The molecule has 2 nitrogen and oxygen atoms in total. The molecule has 0 unspecified atom stereocenters. The average Bonchev–Trinajstić information content (AvgIpc) is 2.71. The predicted octanol–water partition coefficient (Wildman–Crippen LogP) is 7.95. The van der Waals surface area contributed by atoms with Crippen molar-refractivity contribution >= 4 is 10.8 Å². The highest BCUT2D eigenvalue weighted by molar-refractivity contribution is 5.96. The SMILES string of the molecule is Cc1cc(C)c2c(c1)Oc1ccc3ccc4c5c3c1[C@H]2C[C@H]5c1c(C)cc(C)cc1O4. The molecule has 1 aliphatic carbocycles. The standard InChI is InChI=1S/C29H24O2/c1-14-9-16(3)25-19-13-20-26-17(4)10-15(2)12-24(26)31-22-8-6-18-5-7-21(30-23(25)11-14)28(19)27(18)29(20)22/h5-12,19-20H,13H2,1-4H3/t19-,20-/m0/s1. The van der Waals surface area contributed by atoms with Crippen LogP contribution < -0.4 is 9.47 Å². The molecule has 0 N–H and O–H groups in total. The Bertz CT molecular complexity index is 1350. The van der Waals surface area contributed by atoms with Crippen LogP contribution in [0.1, 0.15) is 62.8 Å². The minimum atomic E-state index is 0.336. The average molecular weight is 405 g/mol. The molecule has 0 saturated heterocycles. The molecule has 7 rings (SSSR count). The maximum Gasteiger partial charge on any atom is 0.131 e. The number of rotatable bonds is 0. The molecule has 0 fully saturated rings. The fraction of sp³-hybridized carbons (Fsp3) is 0.241. The van der Waals surface area contributed by atoms with Gasteiger partial charge in [-0.3, -0.25) is 0 Å². The van der Waals surface area contributed by atoms with Gasteiger partial charge in [-0.05, 0) is 91.4 Å². The Morgan fingerprint density at radius 1 is 0.581 bits per heavy atom. The molecule has 2 heterocycles. The molecule has 31 heavy (non-hydrogen) atoms. The quantitative estimate of drug-likeness (QED) is 0.296. The number of benzene rings is 4. The molecule has 152 valence electrons. The van der Waals surface area contributed by atoms with Crippen LogP contribution in [0.15, 0.2) is 48.5 Å². The van der Waals surface area contributed by atoms with Gasteiger partial charge in [-0.15, -0.1) is 0 Å². The normalized spacial score (nSPS) is 19.4. The number of hydrogen-bond acceptors (Lipinski definition) is 2. The van der Waals surface area contributed by atoms with E-state index in [0.29, 0.717) is 11.8 Å². The van der Waals surface area contributed by atoms with E-state index in [1.165, 1.54) is 55.3 Å². The summed E-state index contributed by atoms with van der Waals surface area (Å²) in [5.41, 5.74) is 10.6. The highest BCUT2D eigenvalue weighted by Gasteiger charge is 2.42. The minimum Gasteiger partial charge on any atom is -0.457 e. The Morgan fingerprint density at radius 2 is 1.06 bits per heavy atom. The van der Waals surface area contributed by atoms with Crippen LogP contribution in [0.2, 0.25) is 0 Å². The fourth-order valence-corrected chi connectivity index (χ4v) is 6.48. The monoisotopic (exact) mass is 404 g/mol. The van der Waals surface area contributed by atoms with Gasteiger partial charge in [0.05, 0.1) is 0 Å². The van der Waals surface area contributed by atoms with E-state index in [2.05, 4.69) is 76.2 Å². The van der Waals surface area contributed by atoms with Crippen molar-refractivity contribution in [2.24, 2.45) is 0 Å². The van der Waals surface area contributed by atoms with Gasteiger partial charge in [0.15, 0.2) is 0 Å². The number of hydrogen-bond donors (Lipinski definition) is 0. The Balaban J connectivity index is 1.60. The van der Waals surface area contributed by atoms with E-state index in [4.69, 9.17) is 9.47 Å². The molecule has 0 aromatic heterocycles. The van der Waals surface area contributed by atoms with E-state index in [0.717, 1.165) is 29.4 Å². The predicted molar refractivity (Wildman–Crippen MR) is 124 cm³/mol. The summed E-state index contributed by atoms with van der Waals surface area (Å²) in [5.74, 6) is 4.75. The summed E-state index contributed by atoms with van der Waals surface area (Å²) < 4.78 is 13.0. The van der Waals surface area contributed by atoms with Crippen molar-refractivity contribution in [3.63, 3.8) is 0 Å². The molecular formula is C29H24O2. The molecule has 4 aromatic rings. The molecule has 0 radical (unpaired) electrons. The van der Waals surface area contributed by atoms with Crippen molar-refractivity contribution in [3.05, 3.63) is 93.0 Å². The molecule has 2 heteroatoms. The van der Waals surface area contributed by atoms with Crippen molar-refractivity contribution in [3.8, 4) is 23.0 Å². The first-order valence-electron chi connectivity index (χ1n) is 11.2. The van der Waals surface area contributed by atoms with Crippen LogP contribution in [0.4, 0.5) is 0 Å². The van der Waals surface area contributed by atoms with Gasteiger partial charge >= 0.3 is 0 Å². The maximum atomic E-state index is 6.50. The number of ether oxygens (including phenoxy) is 2. The van der Waals surface area contributed by atoms with E-state index in [1.54, 1.807) is 0 Å². The fourth-order valence-electron chi connectivity index (χ4n) is 6.48. The lowest BCUT2D eigenvalue weighted by atomic mass is 9.67. The Hall–Kier alpha value is -3.26. The number of fused-ring (bicyclic) bond motifs is 4.